The van der Waals surface area contributed by atoms with Crippen molar-refractivity contribution in [2.24, 2.45) is 0 Å². The molecule has 82 valence electrons. The second-order valence-electron chi connectivity index (χ2n) is 4.18. The second kappa shape index (κ2) is 3.72. The molecule has 0 bridgehead atoms. The van der Waals surface area contributed by atoms with Gasteiger partial charge in [0.05, 0.1) is 0 Å². The first-order chi connectivity index (χ1) is 7.83. The number of hydrogen-bond acceptors (Lipinski definition) is 4. The summed E-state index contributed by atoms with van der Waals surface area (Å²) in [6.07, 6.45) is 0. The topological polar surface area (TPSA) is 51.0 Å². The Balaban J connectivity index is 1.88. The number of aryl methyl sites for hydroxylation is 1. The second-order valence-corrected chi connectivity index (χ2v) is 4.18. The summed E-state index contributed by atoms with van der Waals surface area (Å²) in [6.45, 7) is 3.96. The minimum absolute atomic E-state index is 0.419. The van der Waals surface area contributed by atoms with Crippen LogP contribution in [0.15, 0.2) is 28.8 Å². The van der Waals surface area contributed by atoms with Crippen LogP contribution in [0.1, 0.15) is 17.3 Å². The van der Waals surface area contributed by atoms with Gasteiger partial charge in [0.15, 0.2) is 5.82 Å². The summed E-state index contributed by atoms with van der Waals surface area (Å²) in [5, 5.41) is 7.21. The third kappa shape index (κ3) is 1.61. The van der Waals surface area contributed by atoms with Gasteiger partial charge in [-0.25, -0.2) is 0 Å². The van der Waals surface area contributed by atoms with Gasteiger partial charge in [-0.3, -0.25) is 0 Å². The third-order valence-electron chi connectivity index (χ3n) is 2.89. The Morgan fingerprint density at radius 1 is 1.25 bits per heavy atom. The number of rotatable bonds is 2. The molecule has 16 heavy (non-hydrogen) atoms. The van der Waals surface area contributed by atoms with Crippen molar-refractivity contribution in [3.8, 4) is 11.5 Å². The molecular weight excluding hydrogens is 202 g/mol. The van der Waals surface area contributed by atoms with E-state index >= 15 is 0 Å². The molecule has 2 heterocycles. The van der Waals surface area contributed by atoms with Crippen LogP contribution in [0.4, 0.5) is 0 Å². The van der Waals surface area contributed by atoms with Crippen molar-refractivity contribution in [3.05, 3.63) is 35.7 Å². The minimum atomic E-state index is 0.419. The van der Waals surface area contributed by atoms with E-state index in [0.29, 0.717) is 11.8 Å². The summed E-state index contributed by atoms with van der Waals surface area (Å²) < 4.78 is 5.26. The first kappa shape index (κ1) is 9.54. The molecule has 2 aromatic rings. The van der Waals surface area contributed by atoms with Crippen molar-refractivity contribution in [3.63, 3.8) is 0 Å². The standard InChI is InChI=1S/C12H13N3O/c1-8-2-4-9(5-3-8)12-14-11(15-16-12)10-6-13-7-10/h2-5,10,13H,6-7H2,1H3. The molecule has 4 nitrogen and oxygen atoms in total. The van der Waals surface area contributed by atoms with Crippen LogP contribution in [0, 0.1) is 6.92 Å². The summed E-state index contributed by atoms with van der Waals surface area (Å²) >= 11 is 0. The molecule has 1 N–H and O–H groups in total. The largest absolute Gasteiger partial charge is 0.334 e. The SMILES string of the molecule is Cc1ccc(-c2nc(C3CNC3)no2)cc1. The van der Waals surface area contributed by atoms with Crippen molar-refractivity contribution < 1.29 is 4.52 Å². The number of hydrogen-bond donors (Lipinski definition) is 1. The zero-order chi connectivity index (χ0) is 11.0. The summed E-state index contributed by atoms with van der Waals surface area (Å²) in [6, 6.07) is 8.10. The van der Waals surface area contributed by atoms with Gasteiger partial charge in [-0.1, -0.05) is 22.9 Å². The van der Waals surface area contributed by atoms with Gasteiger partial charge in [0.1, 0.15) is 0 Å². The lowest BCUT2D eigenvalue weighted by molar-refractivity contribution is 0.382. The van der Waals surface area contributed by atoms with Gasteiger partial charge < -0.3 is 9.84 Å². The third-order valence-corrected chi connectivity index (χ3v) is 2.89. The highest BCUT2D eigenvalue weighted by atomic mass is 16.5. The van der Waals surface area contributed by atoms with Gasteiger partial charge in [-0.15, -0.1) is 0 Å². The van der Waals surface area contributed by atoms with E-state index in [2.05, 4.69) is 22.4 Å². The minimum Gasteiger partial charge on any atom is -0.334 e. The molecule has 0 radical (unpaired) electrons. The van der Waals surface area contributed by atoms with Crippen molar-refractivity contribution in [2.45, 2.75) is 12.8 Å². The fourth-order valence-corrected chi connectivity index (χ4v) is 1.69. The zero-order valence-corrected chi connectivity index (χ0v) is 9.10. The Labute approximate surface area is 93.7 Å². The van der Waals surface area contributed by atoms with Gasteiger partial charge in [0.2, 0.25) is 0 Å². The van der Waals surface area contributed by atoms with Crippen molar-refractivity contribution >= 4 is 0 Å². The van der Waals surface area contributed by atoms with Gasteiger partial charge >= 0.3 is 0 Å². The van der Waals surface area contributed by atoms with Crippen LogP contribution < -0.4 is 5.32 Å². The Hall–Kier alpha value is -1.68. The van der Waals surface area contributed by atoms with Gasteiger partial charge in [-0.05, 0) is 19.1 Å². The van der Waals surface area contributed by atoms with Crippen LogP contribution in [0.5, 0.6) is 0 Å². The predicted molar refractivity (Wildman–Crippen MR) is 60.1 cm³/mol. The Morgan fingerprint density at radius 3 is 2.62 bits per heavy atom. The molecule has 1 aliphatic rings. The van der Waals surface area contributed by atoms with E-state index < -0.39 is 0 Å². The Morgan fingerprint density at radius 2 is 2.00 bits per heavy atom. The molecule has 0 amide bonds. The number of benzene rings is 1. The molecule has 1 fully saturated rings. The molecule has 0 aliphatic carbocycles. The van der Waals surface area contributed by atoms with E-state index in [4.69, 9.17) is 4.52 Å². The van der Waals surface area contributed by atoms with Gasteiger partial charge in [-0.2, -0.15) is 4.98 Å². The van der Waals surface area contributed by atoms with Crippen LogP contribution in [-0.2, 0) is 0 Å². The van der Waals surface area contributed by atoms with E-state index in [0.717, 1.165) is 24.5 Å². The molecule has 1 aromatic heterocycles. The quantitative estimate of drug-likeness (QED) is 0.829. The lowest BCUT2D eigenvalue weighted by Gasteiger charge is -2.23. The molecule has 1 saturated heterocycles. The van der Waals surface area contributed by atoms with Crippen LogP contribution in [0.3, 0.4) is 0 Å². The molecular formula is C12H13N3O. The predicted octanol–water partition coefficient (Wildman–Crippen LogP) is 1.73. The first-order valence-corrected chi connectivity index (χ1v) is 5.44. The van der Waals surface area contributed by atoms with Gasteiger partial charge in [0, 0.05) is 24.6 Å². The average Bonchev–Trinajstić information content (AvgIpc) is 2.65. The first-order valence-electron chi connectivity index (χ1n) is 5.44. The normalized spacial score (nSPS) is 16.1. The number of nitrogens with one attached hydrogen (secondary N) is 1. The fourth-order valence-electron chi connectivity index (χ4n) is 1.69. The lowest BCUT2D eigenvalue weighted by atomic mass is 10.0. The number of aromatic nitrogens is 2. The molecule has 1 aromatic carbocycles. The highest BCUT2D eigenvalue weighted by molar-refractivity contribution is 5.53. The maximum Gasteiger partial charge on any atom is 0.257 e. The maximum absolute atomic E-state index is 5.26. The summed E-state index contributed by atoms with van der Waals surface area (Å²) in [5.74, 6) is 1.85. The molecule has 0 unspecified atom stereocenters. The van der Waals surface area contributed by atoms with Crippen molar-refractivity contribution in [2.75, 3.05) is 13.1 Å². The van der Waals surface area contributed by atoms with Crippen LogP contribution in [0.25, 0.3) is 11.5 Å². The van der Waals surface area contributed by atoms with Crippen LogP contribution in [-0.4, -0.2) is 23.2 Å². The maximum atomic E-state index is 5.26. The monoisotopic (exact) mass is 215 g/mol. The zero-order valence-electron chi connectivity index (χ0n) is 9.10. The summed E-state index contributed by atoms with van der Waals surface area (Å²) in [4.78, 5) is 4.41. The summed E-state index contributed by atoms with van der Waals surface area (Å²) in [7, 11) is 0. The highest BCUT2D eigenvalue weighted by Crippen LogP contribution is 2.22. The van der Waals surface area contributed by atoms with Crippen molar-refractivity contribution in [1.82, 2.24) is 15.5 Å². The van der Waals surface area contributed by atoms with E-state index in [1.165, 1.54) is 5.56 Å². The Bertz CT molecular complexity index is 485. The average molecular weight is 215 g/mol. The molecule has 1 aliphatic heterocycles. The van der Waals surface area contributed by atoms with Crippen LogP contribution >= 0.6 is 0 Å². The molecule has 0 atom stereocenters. The van der Waals surface area contributed by atoms with Crippen molar-refractivity contribution in [1.29, 1.82) is 0 Å². The molecule has 4 heteroatoms. The molecule has 0 spiro atoms. The lowest BCUT2D eigenvalue weighted by Crippen LogP contribution is -2.40. The number of nitrogens with zero attached hydrogens (tertiary/aromatic N) is 2. The molecule has 0 saturated carbocycles. The highest BCUT2D eigenvalue weighted by Gasteiger charge is 2.24. The van der Waals surface area contributed by atoms with E-state index in [1.807, 2.05) is 24.3 Å². The Kier molecular flexibility index (Phi) is 2.22. The van der Waals surface area contributed by atoms with E-state index in [1.54, 1.807) is 0 Å². The fraction of sp³-hybridized carbons (Fsp3) is 0.333. The molecule has 3 rings (SSSR count). The van der Waals surface area contributed by atoms with E-state index in [9.17, 15) is 0 Å². The van der Waals surface area contributed by atoms with Crippen LogP contribution in [0.2, 0.25) is 0 Å². The smallest absolute Gasteiger partial charge is 0.257 e. The van der Waals surface area contributed by atoms with E-state index in [-0.39, 0.29) is 0 Å². The van der Waals surface area contributed by atoms with Gasteiger partial charge in [0.25, 0.3) is 5.89 Å². The summed E-state index contributed by atoms with van der Waals surface area (Å²) in [5.41, 5.74) is 2.21.